The molecule has 5 nitrogen and oxygen atoms in total. The lowest BCUT2D eigenvalue weighted by molar-refractivity contribution is -0.146. The predicted molar refractivity (Wildman–Crippen MR) is 62.6 cm³/mol. The van der Waals surface area contributed by atoms with Crippen molar-refractivity contribution < 1.29 is 19.4 Å². The largest absolute Gasteiger partial charge is 0.480 e. The van der Waals surface area contributed by atoms with Crippen molar-refractivity contribution in [3.8, 4) is 0 Å². The van der Waals surface area contributed by atoms with E-state index < -0.39 is 12.0 Å². The van der Waals surface area contributed by atoms with Gasteiger partial charge in [0.2, 0.25) is 5.91 Å². The van der Waals surface area contributed by atoms with Gasteiger partial charge in [0.15, 0.2) is 0 Å². The summed E-state index contributed by atoms with van der Waals surface area (Å²) in [5, 5.41) is 9.09. The Hall–Kier alpha value is -1.36. The number of hydrogen-bond donors (Lipinski definition) is 1. The highest BCUT2D eigenvalue weighted by Gasteiger charge is 2.39. The fourth-order valence-corrected chi connectivity index (χ4v) is 2.05. The third-order valence-electron chi connectivity index (χ3n) is 2.99. The third kappa shape index (κ3) is 3.06. The molecule has 1 aliphatic rings. The van der Waals surface area contributed by atoms with Gasteiger partial charge < -0.3 is 14.7 Å². The van der Waals surface area contributed by atoms with E-state index in [1.165, 1.54) is 12.0 Å². The predicted octanol–water partition coefficient (Wildman–Crippen LogP) is 1.04. The van der Waals surface area contributed by atoms with Gasteiger partial charge in [-0.2, -0.15) is 0 Å². The highest BCUT2D eigenvalue weighted by Crippen LogP contribution is 2.22. The number of amides is 1. The molecule has 0 aliphatic carbocycles. The molecule has 0 radical (unpaired) electrons. The molecule has 1 fully saturated rings. The van der Waals surface area contributed by atoms with Crippen molar-refractivity contribution in [2.45, 2.75) is 38.8 Å². The Bertz CT molecular complexity index is 337. The van der Waals surface area contributed by atoms with E-state index in [4.69, 9.17) is 9.84 Å². The maximum Gasteiger partial charge on any atom is 0.326 e. The number of likely N-dealkylation sites (tertiary alicyclic amines) is 1. The number of aliphatic carboxylic acids is 1. The molecule has 0 aromatic rings. The Morgan fingerprint density at radius 2 is 2.18 bits per heavy atom. The van der Waals surface area contributed by atoms with Crippen LogP contribution in [0.15, 0.2) is 11.6 Å². The van der Waals surface area contributed by atoms with E-state index in [-0.39, 0.29) is 12.0 Å². The minimum atomic E-state index is -0.970. The summed E-state index contributed by atoms with van der Waals surface area (Å²) in [5.41, 5.74) is 0.593. The van der Waals surface area contributed by atoms with Crippen LogP contribution < -0.4 is 0 Å². The molecular formula is C12H19NO4. The number of rotatable bonds is 4. The van der Waals surface area contributed by atoms with Crippen molar-refractivity contribution in [1.29, 1.82) is 0 Å². The molecule has 2 unspecified atom stereocenters. The van der Waals surface area contributed by atoms with Crippen molar-refractivity contribution in [2.24, 2.45) is 0 Å². The molecule has 0 bridgehead atoms. The van der Waals surface area contributed by atoms with Gasteiger partial charge in [0.1, 0.15) is 6.04 Å². The highest BCUT2D eigenvalue weighted by atomic mass is 16.5. The molecule has 1 amide bonds. The number of carboxylic acids is 1. The number of carboxylic acid groups (broad SMARTS) is 1. The summed E-state index contributed by atoms with van der Waals surface area (Å²) in [5.74, 6) is -1.18. The van der Waals surface area contributed by atoms with E-state index in [0.29, 0.717) is 18.5 Å². The maximum atomic E-state index is 12.1. The zero-order valence-corrected chi connectivity index (χ0v) is 10.5. The second kappa shape index (κ2) is 5.82. The lowest BCUT2D eigenvalue weighted by atomic mass is 10.2. The number of hydrogen-bond acceptors (Lipinski definition) is 3. The molecule has 1 aliphatic heterocycles. The Kier molecular flexibility index (Phi) is 4.69. The topological polar surface area (TPSA) is 66.8 Å². The normalized spacial score (nSPS) is 25.1. The number of methoxy groups -OCH3 is 1. The fourth-order valence-electron chi connectivity index (χ4n) is 2.05. The van der Waals surface area contributed by atoms with Crippen LogP contribution in [0, 0.1) is 0 Å². The second-order valence-electron chi connectivity index (χ2n) is 4.20. The van der Waals surface area contributed by atoms with E-state index in [2.05, 4.69) is 0 Å². The lowest BCUT2D eigenvalue weighted by Gasteiger charge is -2.21. The average molecular weight is 241 g/mol. The Morgan fingerprint density at radius 3 is 2.65 bits per heavy atom. The zero-order valence-electron chi connectivity index (χ0n) is 10.5. The zero-order chi connectivity index (χ0) is 13.0. The van der Waals surface area contributed by atoms with Gasteiger partial charge in [0.05, 0.1) is 6.10 Å². The van der Waals surface area contributed by atoms with E-state index >= 15 is 0 Å². The molecule has 0 aromatic heterocycles. The van der Waals surface area contributed by atoms with Crippen molar-refractivity contribution >= 4 is 11.9 Å². The molecule has 1 rings (SSSR count). The first-order valence-electron chi connectivity index (χ1n) is 5.74. The molecule has 5 heteroatoms. The van der Waals surface area contributed by atoms with Crippen LogP contribution in [0.1, 0.15) is 26.7 Å². The molecule has 1 N–H and O–H groups in total. The van der Waals surface area contributed by atoms with E-state index in [9.17, 15) is 9.59 Å². The van der Waals surface area contributed by atoms with Crippen LogP contribution >= 0.6 is 0 Å². The summed E-state index contributed by atoms with van der Waals surface area (Å²) < 4.78 is 5.13. The summed E-state index contributed by atoms with van der Waals surface area (Å²) in [4.78, 5) is 24.5. The maximum absolute atomic E-state index is 12.1. The van der Waals surface area contributed by atoms with Gasteiger partial charge >= 0.3 is 5.97 Å². The molecule has 0 saturated carbocycles. The van der Waals surface area contributed by atoms with Gasteiger partial charge in [-0.1, -0.05) is 13.0 Å². The van der Waals surface area contributed by atoms with Gasteiger partial charge in [-0.3, -0.25) is 4.79 Å². The Morgan fingerprint density at radius 1 is 1.53 bits per heavy atom. The van der Waals surface area contributed by atoms with Crippen molar-refractivity contribution in [3.63, 3.8) is 0 Å². The van der Waals surface area contributed by atoms with Crippen LogP contribution in [0.25, 0.3) is 0 Å². The number of nitrogens with zero attached hydrogens (tertiary/aromatic N) is 1. The van der Waals surface area contributed by atoms with Crippen LogP contribution in [0.3, 0.4) is 0 Å². The van der Waals surface area contributed by atoms with Crippen molar-refractivity contribution in [3.05, 3.63) is 11.6 Å². The van der Waals surface area contributed by atoms with Gasteiger partial charge in [-0.25, -0.2) is 4.79 Å². The van der Waals surface area contributed by atoms with Gasteiger partial charge in [-0.15, -0.1) is 0 Å². The number of carbonyl (C=O) groups excluding carboxylic acids is 1. The van der Waals surface area contributed by atoms with Gasteiger partial charge in [-0.05, 0) is 13.3 Å². The van der Waals surface area contributed by atoms with Crippen molar-refractivity contribution in [1.82, 2.24) is 4.90 Å². The minimum absolute atomic E-state index is 0.186. The number of carbonyl (C=O) groups is 2. The number of ether oxygens (including phenoxy) is 1. The third-order valence-corrected chi connectivity index (χ3v) is 2.99. The minimum Gasteiger partial charge on any atom is -0.480 e. The first-order chi connectivity index (χ1) is 8.01. The highest BCUT2D eigenvalue weighted by molar-refractivity contribution is 5.95. The van der Waals surface area contributed by atoms with Crippen LogP contribution in [0.5, 0.6) is 0 Å². The second-order valence-corrected chi connectivity index (χ2v) is 4.20. The first-order valence-corrected chi connectivity index (χ1v) is 5.74. The van der Waals surface area contributed by atoms with E-state index in [1.807, 2.05) is 6.92 Å². The molecule has 2 atom stereocenters. The SMILES string of the molecule is CC/C=C(\C)C(=O)N1CC(OC)CC1C(=O)O. The smallest absolute Gasteiger partial charge is 0.326 e. The van der Waals surface area contributed by atoms with E-state index in [0.717, 1.165) is 6.42 Å². The summed E-state index contributed by atoms with van der Waals surface area (Å²) in [6.45, 7) is 4.00. The van der Waals surface area contributed by atoms with Gasteiger partial charge in [0.25, 0.3) is 0 Å². The molecule has 0 spiro atoms. The monoisotopic (exact) mass is 241 g/mol. The van der Waals surface area contributed by atoms with Crippen molar-refractivity contribution in [2.75, 3.05) is 13.7 Å². The van der Waals surface area contributed by atoms with E-state index in [1.54, 1.807) is 13.0 Å². The molecule has 1 saturated heterocycles. The molecular weight excluding hydrogens is 222 g/mol. The standard InChI is InChI=1S/C12H19NO4/c1-4-5-8(2)11(14)13-7-9(17-3)6-10(13)12(15)16/h5,9-10H,4,6-7H2,1-3H3,(H,15,16)/b8-5+. The van der Waals surface area contributed by atoms with Crippen LogP contribution in [-0.2, 0) is 14.3 Å². The van der Waals surface area contributed by atoms with Crippen LogP contribution in [-0.4, -0.2) is 47.7 Å². The Labute approximate surface area is 101 Å². The fraction of sp³-hybridized carbons (Fsp3) is 0.667. The lowest BCUT2D eigenvalue weighted by Crippen LogP contribution is -2.41. The molecule has 0 aromatic carbocycles. The molecule has 17 heavy (non-hydrogen) atoms. The number of allylic oxidation sites excluding steroid dienone is 1. The average Bonchev–Trinajstić information content (AvgIpc) is 2.72. The molecule has 1 heterocycles. The van der Waals surface area contributed by atoms with Gasteiger partial charge in [0, 0.05) is 25.6 Å². The Balaban J connectivity index is 2.83. The summed E-state index contributed by atoms with van der Waals surface area (Å²) in [6, 6.07) is -0.771. The summed E-state index contributed by atoms with van der Waals surface area (Å²) in [7, 11) is 1.53. The van der Waals surface area contributed by atoms with Crippen LogP contribution in [0.2, 0.25) is 0 Å². The summed E-state index contributed by atoms with van der Waals surface area (Å²) >= 11 is 0. The van der Waals surface area contributed by atoms with Crippen LogP contribution in [0.4, 0.5) is 0 Å². The summed E-state index contributed by atoms with van der Waals surface area (Å²) in [6.07, 6.45) is 2.74. The molecule has 96 valence electrons. The quantitative estimate of drug-likeness (QED) is 0.747. The first kappa shape index (κ1) is 13.7.